The molecule has 1 aromatic carbocycles. The fourth-order valence-electron chi connectivity index (χ4n) is 1.90. The van der Waals surface area contributed by atoms with Crippen LogP contribution in [-0.2, 0) is 6.54 Å². The molecule has 0 aliphatic carbocycles. The lowest BCUT2D eigenvalue weighted by atomic mass is 10.1. The van der Waals surface area contributed by atoms with Crippen LogP contribution in [0.2, 0.25) is 0 Å². The molecule has 0 saturated carbocycles. The molecule has 2 aromatic rings. The Hall–Kier alpha value is -2.30. The van der Waals surface area contributed by atoms with E-state index in [9.17, 15) is 4.79 Å². The molecule has 0 aliphatic rings. The minimum Gasteiger partial charge on any atom is -0.388 e. The number of rotatable bonds is 4. The van der Waals surface area contributed by atoms with Gasteiger partial charge in [-0.05, 0) is 37.6 Å². The molecule has 0 radical (unpaired) electrons. The van der Waals surface area contributed by atoms with Crippen LogP contribution in [0.4, 0.5) is 5.69 Å². The lowest BCUT2D eigenvalue weighted by molar-refractivity contribution is 0.0950. The Morgan fingerprint density at radius 3 is 2.74 bits per heavy atom. The molecule has 0 atom stereocenters. The second-order valence-electron chi connectivity index (χ2n) is 4.48. The number of nitrogens with zero attached hydrogens (tertiary/aromatic N) is 1. The van der Waals surface area contributed by atoms with E-state index in [0.29, 0.717) is 12.1 Å². The van der Waals surface area contributed by atoms with Crippen molar-refractivity contribution in [3.05, 3.63) is 46.8 Å². The topological polar surface area (TPSA) is 69.8 Å². The molecule has 100 valence electrons. The van der Waals surface area contributed by atoms with Crippen molar-refractivity contribution >= 4 is 11.6 Å². The Morgan fingerprint density at radius 1 is 1.37 bits per heavy atom. The maximum atomic E-state index is 12.1. The maximum absolute atomic E-state index is 12.1. The van der Waals surface area contributed by atoms with Gasteiger partial charge in [0.05, 0.1) is 6.20 Å². The van der Waals surface area contributed by atoms with E-state index < -0.39 is 0 Å². The van der Waals surface area contributed by atoms with Crippen molar-refractivity contribution in [2.45, 2.75) is 20.4 Å². The Kier molecular flexibility index (Phi) is 3.85. The van der Waals surface area contributed by atoms with Gasteiger partial charge in [-0.3, -0.25) is 9.89 Å². The van der Waals surface area contributed by atoms with Gasteiger partial charge in [0, 0.05) is 36.1 Å². The van der Waals surface area contributed by atoms with Gasteiger partial charge < -0.3 is 10.6 Å². The van der Waals surface area contributed by atoms with Crippen molar-refractivity contribution in [3.63, 3.8) is 0 Å². The molecule has 0 saturated heterocycles. The first kappa shape index (κ1) is 13.1. The van der Waals surface area contributed by atoms with E-state index in [4.69, 9.17) is 0 Å². The SMILES string of the molecule is CNc1ccc(C(=O)NCc2cn[nH]c2C)c(C)c1. The van der Waals surface area contributed by atoms with Gasteiger partial charge >= 0.3 is 0 Å². The maximum Gasteiger partial charge on any atom is 0.251 e. The van der Waals surface area contributed by atoms with Crippen LogP contribution >= 0.6 is 0 Å². The molecule has 1 amide bonds. The summed E-state index contributed by atoms with van der Waals surface area (Å²) in [5.41, 5.74) is 4.62. The second-order valence-corrected chi connectivity index (χ2v) is 4.48. The number of anilines is 1. The fraction of sp³-hybridized carbons (Fsp3) is 0.286. The zero-order valence-corrected chi connectivity index (χ0v) is 11.4. The lowest BCUT2D eigenvalue weighted by Crippen LogP contribution is -2.23. The van der Waals surface area contributed by atoms with E-state index >= 15 is 0 Å². The molecule has 2 rings (SSSR count). The summed E-state index contributed by atoms with van der Waals surface area (Å²) >= 11 is 0. The molecule has 1 aromatic heterocycles. The van der Waals surface area contributed by atoms with Crippen LogP contribution in [0.25, 0.3) is 0 Å². The van der Waals surface area contributed by atoms with Crippen molar-refractivity contribution in [1.82, 2.24) is 15.5 Å². The highest BCUT2D eigenvalue weighted by Crippen LogP contribution is 2.14. The zero-order chi connectivity index (χ0) is 13.8. The third-order valence-electron chi connectivity index (χ3n) is 3.13. The van der Waals surface area contributed by atoms with Crippen LogP contribution in [0.1, 0.15) is 27.2 Å². The summed E-state index contributed by atoms with van der Waals surface area (Å²) in [6.07, 6.45) is 1.73. The number of aryl methyl sites for hydroxylation is 2. The molecule has 19 heavy (non-hydrogen) atoms. The third-order valence-corrected chi connectivity index (χ3v) is 3.13. The fourth-order valence-corrected chi connectivity index (χ4v) is 1.90. The summed E-state index contributed by atoms with van der Waals surface area (Å²) in [5, 5.41) is 12.7. The predicted octanol–water partition coefficient (Wildman–Crippen LogP) is 2.00. The normalized spacial score (nSPS) is 10.3. The summed E-state index contributed by atoms with van der Waals surface area (Å²) in [7, 11) is 1.86. The van der Waals surface area contributed by atoms with Crippen LogP contribution in [0.3, 0.4) is 0 Å². The standard InChI is InChI=1S/C14H18N4O/c1-9-6-12(15-3)4-5-13(9)14(19)16-7-11-8-17-18-10(11)2/h4-6,8,15H,7H2,1-3H3,(H,16,19)(H,17,18). The average Bonchev–Trinajstić information content (AvgIpc) is 2.81. The quantitative estimate of drug-likeness (QED) is 0.785. The van der Waals surface area contributed by atoms with E-state index in [-0.39, 0.29) is 5.91 Å². The van der Waals surface area contributed by atoms with E-state index in [2.05, 4.69) is 20.8 Å². The van der Waals surface area contributed by atoms with E-state index in [1.54, 1.807) is 6.20 Å². The van der Waals surface area contributed by atoms with Gasteiger partial charge in [-0.2, -0.15) is 5.10 Å². The number of carbonyl (C=O) groups is 1. The molecule has 3 N–H and O–H groups in total. The monoisotopic (exact) mass is 258 g/mol. The smallest absolute Gasteiger partial charge is 0.251 e. The van der Waals surface area contributed by atoms with Gasteiger partial charge in [0.1, 0.15) is 0 Å². The number of H-pyrrole nitrogens is 1. The molecule has 5 nitrogen and oxygen atoms in total. The molecule has 1 heterocycles. The van der Waals surface area contributed by atoms with Crippen molar-refractivity contribution in [2.24, 2.45) is 0 Å². The third kappa shape index (κ3) is 2.93. The number of hydrogen-bond acceptors (Lipinski definition) is 3. The summed E-state index contributed by atoms with van der Waals surface area (Å²) in [6, 6.07) is 5.68. The molecular weight excluding hydrogens is 240 g/mol. The summed E-state index contributed by atoms with van der Waals surface area (Å²) in [4.78, 5) is 12.1. The minimum absolute atomic E-state index is 0.0687. The molecule has 0 aliphatic heterocycles. The van der Waals surface area contributed by atoms with Gasteiger partial charge in [0.25, 0.3) is 5.91 Å². The van der Waals surface area contributed by atoms with Gasteiger partial charge in [0.2, 0.25) is 0 Å². The molecular formula is C14H18N4O. The number of amides is 1. The van der Waals surface area contributed by atoms with Crippen molar-refractivity contribution in [3.8, 4) is 0 Å². The Bertz CT molecular complexity index is 589. The first-order chi connectivity index (χ1) is 9.11. The highest BCUT2D eigenvalue weighted by Gasteiger charge is 2.10. The van der Waals surface area contributed by atoms with Crippen LogP contribution < -0.4 is 10.6 Å². The number of carbonyl (C=O) groups excluding carboxylic acids is 1. The Labute approximate surface area is 112 Å². The van der Waals surface area contributed by atoms with Crippen LogP contribution in [-0.4, -0.2) is 23.2 Å². The number of aromatic nitrogens is 2. The summed E-state index contributed by atoms with van der Waals surface area (Å²) in [6.45, 7) is 4.34. The highest BCUT2D eigenvalue weighted by molar-refractivity contribution is 5.96. The van der Waals surface area contributed by atoms with Gasteiger partial charge in [-0.25, -0.2) is 0 Å². The van der Waals surface area contributed by atoms with Crippen molar-refractivity contribution in [1.29, 1.82) is 0 Å². The molecule has 5 heteroatoms. The van der Waals surface area contributed by atoms with Crippen LogP contribution in [0, 0.1) is 13.8 Å². The molecule has 0 spiro atoms. The Morgan fingerprint density at radius 2 is 2.16 bits per heavy atom. The molecule has 0 bridgehead atoms. The number of benzene rings is 1. The number of nitrogens with one attached hydrogen (secondary N) is 3. The average molecular weight is 258 g/mol. The summed E-state index contributed by atoms with van der Waals surface area (Å²) < 4.78 is 0. The van der Waals surface area contributed by atoms with Gasteiger partial charge in [-0.15, -0.1) is 0 Å². The van der Waals surface area contributed by atoms with Gasteiger partial charge in [0.15, 0.2) is 0 Å². The first-order valence-corrected chi connectivity index (χ1v) is 6.17. The van der Waals surface area contributed by atoms with Crippen molar-refractivity contribution < 1.29 is 4.79 Å². The van der Waals surface area contributed by atoms with Crippen LogP contribution in [0.15, 0.2) is 24.4 Å². The number of aromatic amines is 1. The largest absolute Gasteiger partial charge is 0.388 e. The van der Waals surface area contributed by atoms with Gasteiger partial charge in [-0.1, -0.05) is 0 Å². The zero-order valence-electron chi connectivity index (χ0n) is 11.4. The highest BCUT2D eigenvalue weighted by atomic mass is 16.1. The minimum atomic E-state index is -0.0687. The van der Waals surface area contributed by atoms with E-state index in [0.717, 1.165) is 22.5 Å². The van der Waals surface area contributed by atoms with E-state index in [1.165, 1.54) is 0 Å². The molecule has 0 unspecified atom stereocenters. The lowest BCUT2D eigenvalue weighted by Gasteiger charge is -2.09. The van der Waals surface area contributed by atoms with Crippen molar-refractivity contribution in [2.75, 3.05) is 12.4 Å². The second kappa shape index (κ2) is 5.56. The predicted molar refractivity (Wildman–Crippen MR) is 75.2 cm³/mol. The molecule has 0 fully saturated rings. The van der Waals surface area contributed by atoms with E-state index in [1.807, 2.05) is 39.1 Å². The first-order valence-electron chi connectivity index (χ1n) is 6.17. The number of hydrogen-bond donors (Lipinski definition) is 3. The Balaban J connectivity index is 2.06. The van der Waals surface area contributed by atoms with Crippen LogP contribution in [0.5, 0.6) is 0 Å². The summed E-state index contributed by atoms with van der Waals surface area (Å²) in [5.74, 6) is -0.0687.